The molecule has 228 valence electrons. The van der Waals surface area contributed by atoms with Crippen molar-refractivity contribution in [3.8, 4) is 0 Å². The molecule has 42 heavy (non-hydrogen) atoms. The summed E-state index contributed by atoms with van der Waals surface area (Å²) in [7, 11) is -1.06. The molecule has 0 aliphatic carbocycles. The van der Waals surface area contributed by atoms with Crippen molar-refractivity contribution in [2.75, 3.05) is 26.2 Å². The zero-order chi connectivity index (χ0) is 31.0. The summed E-state index contributed by atoms with van der Waals surface area (Å²) in [4.78, 5) is 40.9. The smallest absolute Gasteiger partial charge is 0.423 e. The lowest BCUT2D eigenvalue weighted by Crippen LogP contribution is -2.50. The largest absolute Gasteiger partial charge is 0.492 e. The number of fused-ring (bicyclic) bond motifs is 1. The van der Waals surface area contributed by atoms with Crippen LogP contribution in [0.1, 0.15) is 68.7 Å². The second-order valence-electron chi connectivity index (χ2n) is 11.8. The maximum atomic E-state index is 13.6. The molecule has 2 amide bonds. The molecule has 2 atom stereocenters. The average Bonchev–Trinajstić information content (AvgIpc) is 3.18. The van der Waals surface area contributed by atoms with E-state index >= 15 is 0 Å². The van der Waals surface area contributed by atoms with Gasteiger partial charge in [0.05, 0.1) is 17.7 Å². The lowest BCUT2D eigenvalue weighted by Gasteiger charge is -2.23. The van der Waals surface area contributed by atoms with Crippen molar-refractivity contribution in [2.45, 2.75) is 77.0 Å². The van der Waals surface area contributed by atoms with E-state index in [0.29, 0.717) is 49.5 Å². The van der Waals surface area contributed by atoms with Gasteiger partial charge >= 0.3 is 7.12 Å². The van der Waals surface area contributed by atoms with Crippen LogP contribution >= 0.6 is 0 Å². The number of hydrogen-bond acceptors (Lipinski definition) is 8. The Morgan fingerprint density at radius 3 is 2.24 bits per heavy atom. The van der Waals surface area contributed by atoms with Gasteiger partial charge in [-0.25, -0.2) is 0 Å². The summed E-state index contributed by atoms with van der Waals surface area (Å²) < 4.78 is 5.65. The number of carbonyl (C=O) groups excluding carboxylic acids is 3. The van der Waals surface area contributed by atoms with Crippen LogP contribution in [0.25, 0.3) is 0 Å². The van der Waals surface area contributed by atoms with Crippen LogP contribution in [-0.4, -0.2) is 72.9 Å². The predicted octanol–water partition coefficient (Wildman–Crippen LogP) is 0.455. The zero-order valence-electron chi connectivity index (χ0n) is 25.3. The van der Waals surface area contributed by atoms with E-state index < -0.39 is 30.7 Å². The highest BCUT2D eigenvalue weighted by atomic mass is 16.5. The Balaban J connectivity index is 1.74. The van der Waals surface area contributed by atoms with Gasteiger partial charge in [-0.2, -0.15) is 0 Å². The molecule has 11 heteroatoms. The fourth-order valence-corrected chi connectivity index (χ4v) is 5.24. The molecule has 2 aromatic rings. The zero-order valence-corrected chi connectivity index (χ0v) is 25.3. The Morgan fingerprint density at radius 2 is 1.64 bits per heavy atom. The molecule has 1 heterocycles. The number of carbonyl (C=O) groups is 3. The van der Waals surface area contributed by atoms with Crippen molar-refractivity contribution in [1.29, 1.82) is 0 Å². The van der Waals surface area contributed by atoms with Gasteiger partial charge in [0.1, 0.15) is 0 Å². The number of rotatable bonds is 15. The first kappa shape index (κ1) is 33.4. The van der Waals surface area contributed by atoms with Crippen molar-refractivity contribution < 1.29 is 24.1 Å². The lowest BCUT2D eigenvalue weighted by atomic mass is 9.77. The van der Waals surface area contributed by atoms with Gasteiger partial charge in [-0.3, -0.25) is 14.4 Å². The highest BCUT2D eigenvalue weighted by molar-refractivity contribution is 6.62. The first-order valence-corrected chi connectivity index (χ1v) is 14.7. The van der Waals surface area contributed by atoms with E-state index in [1.165, 1.54) is 5.56 Å². The summed E-state index contributed by atoms with van der Waals surface area (Å²) in [6.07, 6.45) is 0.536. The topological polar surface area (TPSA) is 174 Å². The van der Waals surface area contributed by atoms with E-state index in [-0.39, 0.29) is 31.0 Å². The van der Waals surface area contributed by atoms with Gasteiger partial charge in [0.25, 0.3) is 0 Å². The summed E-state index contributed by atoms with van der Waals surface area (Å²) in [5, 5.41) is 13.2. The normalized spacial score (nSPS) is 15.3. The highest BCUT2D eigenvalue weighted by Gasteiger charge is 2.40. The molecule has 10 nitrogen and oxygen atoms in total. The van der Waals surface area contributed by atoms with Crippen LogP contribution in [0.4, 0.5) is 0 Å². The molecule has 0 fully saturated rings. The molecular formula is C31H46BN5O5. The Bertz CT molecular complexity index is 1230. The summed E-state index contributed by atoms with van der Waals surface area (Å²) >= 11 is 0. The van der Waals surface area contributed by atoms with E-state index in [1.54, 1.807) is 11.0 Å². The van der Waals surface area contributed by atoms with Gasteiger partial charge in [-0.15, -0.1) is 0 Å². The summed E-state index contributed by atoms with van der Waals surface area (Å²) in [6, 6.07) is 11.7. The van der Waals surface area contributed by atoms with Crippen LogP contribution in [-0.2, 0) is 37.5 Å². The highest BCUT2D eigenvalue weighted by Crippen LogP contribution is 2.30. The third-order valence-electron chi connectivity index (χ3n) is 7.76. The molecule has 0 aromatic heterocycles. The van der Waals surface area contributed by atoms with Crippen LogP contribution in [0.15, 0.2) is 42.5 Å². The van der Waals surface area contributed by atoms with Crippen molar-refractivity contribution in [3.63, 3.8) is 0 Å². The number of hydrogen-bond donors (Lipinski definition) is 5. The number of Topliss-reactive ketones (excluding diaryl/α,β-unsaturated/α-hetero) is 1. The minimum atomic E-state index is -1.06. The van der Waals surface area contributed by atoms with Crippen LogP contribution < -0.4 is 28.0 Å². The van der Waals surface area contributed by atoms with E-state index in [1.807, 2.05) is 50.2 Å². The number of benzene rings is 2. The van der Waals surface area contributed by atoms with Crippen molar-refractivity contribution in [1.82, 2.24) is 10.2 Å². The number of amides is 2. The van der Waals surface area contributed by atoms with Gasteiger partial charge in [0.2, 0.25) is 11.8 Å². The van der Waals surface area contributed by atoms with Crippen molar-refractivity contribution in [2.24, 2.45) is 17.2 Å². The van der Waals surface area contributed by atoms with E-state index in [4.69, 9.17) is 21.9 Å². The van der Waals surface area contributed by atoms with Gasteiger partial charge < -0.3 is 37.1 Å². The van der Waals surface area contributed by atoms with Gasteiger partial charge in [0, 0.05) is 39.0 Å². The lowest BCUT2D eigenvalue weighted by molar-refractivity contribution is -0.132. The SMILES string of the molecule is CC(C)c1ccc(C[C@@H](NC(=O)[C@@H](N)CCC(=O)N(CCN)CCN)C(=O)Cc2ccc3c(c2)B(O)OC3(C)C)cc1. The van der Waals surface area contributed by atoms with E-state index in [0.717, 1.165) is 11.1 Å². The molecular weight excluding hydrogens is 533 g/mol. The quantitative estimate of drug-likeness (QED) is 0.189. The fourth-order valence-electron chi connectivity index (χ4n) is 5.24. The van der Waals surface area contributed by atoms with Crippen LogP contribution in [0, 0.1) is 0 Å². The number of ketones is 1. The Morgan fingerprint density at radius 1 is 1.02 bits per heavy atom. The molecule has 0 saturated carbocycles. The average molecular weight is 580 g/mol. The Labute approximate surface area is 249 Å². The fraction of sp³-hybridized carbons (Fsp3) is 0.516. The number of nitrogens with zero attached hydrogens (tertiary/aromatic N) is 1. The molecule has 0 saturated heterocycles. The second kappa shape index (κ2) is 14.9. The third-order valence-corrected chi connectivity index (χ3v) is 7.76. The van der Waals surface area contributed by atoms with E-state index in [9.17, 15) is 19.4 Å². The van der Waals surface area contributed by atoms with Gasteiger partial charge in [-0.1, -0.05) is 56.3 Å². The number of nitrogens with two attached hydrogens (primary N) is 3. The number of nitrogens with one attached hydrogen (secondary N) is 1. The summed E-state index contributed by atoms with van der Waals surface area (Å²) in [5.74, 6) is -0.488. The molecule has 2 aromatic carbocycles. The summed E-state index contributed by atoms with van der Waals surface area (Å²) in [5.41, 5.74) is 21.1. The first-order chi connectivity index (χ1) is 19.9. The minimum Gasteiger partial charge on any atom is -0.423 e. The molecule has 0 bridgehead atoms. The minimum absolute atomic E-state index is 0.0519. The van der Waals surface area contributed by atoms with E-state index in [2.05, 4.69) is 19.2 Å². The van der Waals surface area contributed by atoms with Crippen LogP contribution in [0.3, 0.4) is 0 Å². The monoisotopic (exact) mass is 579 g/mol. The molecule has 8 N–H and O–H groups in total. The Hall–Kier alpha value is -3.09. The molecule has 0 spiro atoms. The second-order valence-corrected chi connectivity index (χ2v) is 11.8. The molecule has 3 rings (SSSR count). The van der Waals surface area contributed by atoms with Crippen molar-refractivity contribution in [3.05, 3.63) is 64.7 Å². The van der Waals surface area contributed by atoms with Crippen LogP contribution in [0.5, 0.6) is 0 Å². The molecule has 0 unspecified atom stereocenters. The third kappa shape index (κ3) is 8.72. The predicted molar refractivity (Wildman–Crippen MR) is 165 cm³/mol. The Kier molecular flexibility index (Phi) is 11.8. The molecule has 1 aliphatic heterocycles. The first-order valence-electron chi connectivity index (χ1n) is 14.7. The molecule has 0 radical (unpaired) electrons. The standard InChI is InChI=1S/C31H46BN5O5/c1-20(2)23-8-5-21(6-9-23)18-27(36-30(40)26(35)11-12-29(39)37(15-13-33)16-14-34)28(38)19-22-7-10-24-25(17-22)32(41)42-31(24,3)4/h5-10,17,20,26-27,41H,11-16,18-19,33-35H2,1-4H3,(H,36,40)/t26-,27+/m0/s1. The van der Waals surface area contributed by atoms with Gasteiger partial charge in [-0.05, 0) is 60.3 Å². The van der Waals surface area contributed by atoms with Gasteiger partial charge in [0.15, 0.2) is 5.78 Å². The molecule has 1 aliphatic rings. The maximum absolute atomic E-state index is 13.6. The summed E-state index contributed by atoms with van der Waals surface area (Å²) in [6.45, 7) is 9.38. The van der Waals surface area contributed by atoms with Crippen LogP contribution in [0.2, 0.25) is 0 Å². The van der Waals surface area contributed by atoms with Crippen molar-refractivity contribution >= 4 is 30.2 Å². The maximum Gasteiger partial charge on any atom is 0.492 e.